The van der Waals surface area contributed by atoms with Gasteiger partial charge in [-0.15, -0.1) is 0 Å². The van der Waals surface area contributed by atoms with Crippen molar-refractivity contribution in [2.75, 3.05) is 13.9 Å². The van der Waals surface area contributed by atoms with Crippen molar-refractivity contribution in [1.82, 2.24) is 0 Å². The van der Waals surface area contributed by atoms with Crippen LogP contribution in [0.1, 0.15) is 13.3 Å². The second-order valence-electron chi connectivity index (χ2n) is 6.12. The number of methoxy groups -OCH3 is 1. The maximum Gasteiger partial charge on any atom is 0.198 e. The summed E-state index contributed by atoms with van der Waals surface area (Å²) in [6, 6.07) is 8.58. The van der Waals surface area contributed by atoms with E-state index in [2.05, 4.69) is 0 Å². The first-order valence-electron chi connectivity index (χ1n) is 7.36. The van der Waals surface area contributed by atoms with Crippen LogP contribution in [-0.4, -0.2) is 36.5 Å². The third-order valence-electron chi connectivity index (χ3n) is 3.22. The van der Waals surface area contributed by atoms with E-state index in [4.69, 9.17) is 9.47 Å². The van der Waals surface area contributed by atoms with Crippen molar-refractivity contribution in [3.05, 3.63) is 40.9 Å². The highest BCUT2D eigenvalue weighted by Gasteiger charge is 2.32. The third-order valence-corrected chi connectivity index (χ3v) is 9.12. The van der Waals surface area contributed by atoms with E-state index in [1.54, 1.807) is 37.5 Å². The molecule has 0 amide bonds. The molecule has 0 heterocycles. The highest BCUT2D eigenvalue weighted by Crippen LogP contribution is 2.28. The second kappa shape index (κ2) is 8.06. The van der Waals surface area contributed by atoms with E-state index >= 15 is 0 Å². The molecule has 0 saturated heterocycles. The van der Waals surface area contributed by atoms with Crippen molar-refractivity contribution >= 4 is 17.9 Å². The molecular formula is C16H26O4SSi. The number of sulfone groups is 1. The molecule has 4 nitrogen and oxygen atoms in total. The third kappa shape index (κ3) is 5.05. The van der Waals surface area contributed by atoms with Crippen LogP contribution in [0.5, 0.6) is 0 Å². The van der Waals surface area contributed by atoms with Crippen LogP contribution < -0.4 is 0 Å². The number of ether oxygens (including phenoxy) is 2. The lowest BCUT2D eigenvalue weighted by Crippen LogP contribution is -2.31. The Morgan fingerprint density at radius 1 is 1.23 bits per heavy atom. The summed E-state index contributed by atoms with van der Waals surface area (Å²) in [7, 11) is -4.01. The standard InChI is InChI=1S/C16H26O4SSi/c1-6-14(20-13-19-2)12-16(22(3,4)5)21(17,18)15-10-8-7-9-11-15/h7-12,14H,6,13H2,1-5H3/b16-12-/t14-/m1/s1. The molecule has 0 unspecified atom stereocenters. The molecule has 0 saturated carbocycles. The first-order chi connectivity index (χ1) is 10.2. The van der Waals surface area contributed by atoms with E-state index in [0.29, 0.717) is 15.8 Å². The minimum atomic E-state index is -3.49. The molecule has 0 fully saturated rings. The molecule has 6 heteroatoms. The zero-order valence-corrected chi connectivity index (χ0v) is 15.8. The highest BCUT2D eigenvalue weighted by molar-refractivity contribution is 7.97. The second-order valence-corrected chi connectivity index (χ2v) is 13.4. The number of hydrogen-bond acceptors (Lipinski definition) is 4. The van der Waals surface area contributed by atoms with Crippen LogP contribution in [0, 0.1) is 0 Å². The van der Waals surface area contributed by atoms with Crippen molar-refractivity contribution in [3.63, 3.8) is 0 Å². The molecule has 1 atom stereocenters. The monoisotopic (exact) mass is 342 g/mol. The van der Waals surface area contributed by atoms with Crippen LogP contribution in [0.2, 0.25) is 19.6 Å². The van der Waals surface area contributed by atoms with Gasteiger partial charge in [0.25, 0.3) is 0 Å². The summed E-state index contributed by atoms with van der Waals surface area (Å²) < 4.78 is 37.0. The van der Waals surface area contributed by atoms with Gasteiger partial charge in [-0.25, -0.2) is 8.42 Å². The molecule has 0 spiro atoms. The van der Waals surface area contributed by atoms with Crippen molar-refractivity contribution in [2.24, 2.45) is 0 Å². The number of rotatable bonds is 8. The highest BCUT2D eigenvalue weighted by atomic mass is 32.2. The van der Waals surface area contributed by atoms with E-state index in [9.17, 15) is 8.42 Å². The normalized spacial score (nSPS) is 14.9. The Morgan fingerprint density at radius 2 is 1.82 bits per heavy atom. The van der Waals surface area contributed by atoms with Crippen LogP contribution in [0.3, 0.4) is 0 Å². The summed E-state index contributed by atoms with van der Waals surface area (Å²) in [5.74, 6) is 0. The average molecular weight is 343 g/mol. The Kier molecular flexibility index (Phi) is 6.99. The summed E-state index contributed by atoms with van der Waals surface area (Å²) in [5.41, 5.74) is 0. The van der Waals surface area contributed by atoms with Crippen LogP contribution >= 0.6 is 0 Å². The van der Waals surface area contributed by atoms with Crippen LogP contribution in [0.15, 0.2) is 45.8 Å². The summed E-state index contributed by atoms with van der Waals surface area (Å²) in [6.45, 7) is 8.21. The summed E-state index contributed by atoms with van der Waals surface area (Å²) >= 11 is 0. The molecule has 1 aromatic carbocycles. The van der Waals surface area contributed by atoms with Gasteiger partial charge in [0.2, 0.25) is 0 Å². The SMILES string of the molecule is CC[C@H](/C=C(\[Si](C)(C)C)S(=O)(=O)c1ccccc1)OCOC. The van der Waals surface area contributed by atoms with Crippen LogP contribution in [-0.2, 0) is 19.3 Å². The molecule has 0 bridgehead atoms. The maximum atomic E-state index is 13.0. The molecule has 0 radical (unpaired) electrons. The van der Waals surface area contributed by atoms with E-state index in [1.165, 1.54) is 0 Å². The van der Waals surface area contributed by atoms with Gasteiger partial charge in [-0.1, -0.05) is 44.8 Å². The summed E-state index contributed by atoms with van der Waals surface area (Å²) in [5, 5.41) is 0. The molecule has 1 aromatic rings. The first kappa shape index (κ1) is 19.1. The van der Waals surface area contributed by atoms with E-state index in [-0.39, 0.29) is 12.9 Å². The molecule has 0 aliphatic rings. The van der Waals surface area contributed by atoms with Crippen LogP contribution in [0.4, 0.5) is 0 Å². The van der Waals surface area contributed by atoms with E-state index < -0.39 is 17.9 Å². The topological polar surface area (TPSA) is 52.6 Å². The van der Waals surface area contributed by atoms with Gasteiger partial charge in [0.15, 0.2) is 9.84 Å². The van der Waals surface area contributed by atoms with Crippen molar-refractivity contribution in [2.45, 2.75) is 44.0 Å². The Bertz CT molecular complexity index is 588. The zero-order valence-electron chi connectivity index (χ0n) is 14.0. The number of benzene rings is 1. The fourth-order valence-corrected chi connectivity index (χ4v) is 7.44. The van der Waals surface area contributed by atoms with Gasteiger partial charge in [0, 0.05) is 11.6 Å². The van der Waals surface area contributed by atoms with Crippen molar-refractivity contribution < 1.29 is 17.9 Å². The molecule has 22 heavy (non-hydrogen) atoms. The van der Waals surface area contributed by atoms with E-state index in [0.717, 1.165) is 0 Å². The molecule has 0 N–H and O–H groups in total. The average Bonchev–Trinajstić information content (AvgIpc) is 2.47. The lowest BCUT2D eigenvalue weighted by molar-refractivity contribution is -0.0561. The fourth-order valence-electron chi connectivity index (χ4n) is 2.08. The smallest absolute Gasteiger partial charge is 0.198 e. The largest absolute Gasteiger partial charge is 0.359 e. The zero-order chi connectivity index (χ0) is 16.8. The first-order valence-corrected chi connectivity index (χ1v) is 12.3. The van der Waals surface area contributed by atoms with E-state index in [1.807, 2.05) is 32.6 Å². The van der Waals surface area contributed by atoms with Crippen molar-refractivity contribution in [3.8, 4) is 0 Å². The van der Waals surface area contributed by atoms with Crippen molar-refractivity contribution in [1.29, 1.82) is 0 Å². The quantitative estimate of drug-likeness (QED) is 0.535. The van der Waals surface area contributed by atoms with Gasteiger partial charge in [-0.2, -0.15) is 0 Å². The molecule has 0 aliphatic heterocycles. The predicted octanol–water partition coefficient (Wildman–Crippen LogP) is 3.62. The Labute approximate surface area is 135 Å². The molecular weight excluding hydrogens is 316 g/mol. The Morgan fingerprint density at radius 3 is 2.27 bits per heavy atom. The lowest BCUT2D eigenvalue weighted by Gasteiger charge is -2.23. The van der Waals surface area contributed by atoms with Gasteiger partial charge in [0.1, 0.15) is 6.79 Å². The van der Waals surface area contributed by atoms with Gasteiger partial charge < -0.3 is 9.47 Å². The molecule has 124 valence electrons. The van der Waals surface area contributed by atoms with Gasteiger partial charge in [-0.05, 0) is 24.6 Å². The summed E-state index contributed by atoms with van der Waals surface area (Å²) in [6.07, 6.45) is 2.20. The molecule has 1 rings (SSSR count). The minimum Gasteiger partial charge on any atom is -0.359 e. The Hall–Kier alpha value is -0.953. The molecule has 0 aliphatic carbocycles. The predicted molar refractivity (Wildman–Crippen MR) is 92.1 cm³/mol. The van der Waals surface area contributed by atoms with Gasteiger partial charge in [-0.3, -0.25) is 0 Å². The summed E-state index contributed by atoms with van der Waals surface area (Å²) in [4.78, 5) is 0.338. The number of hydrogen-bond donors (Lipinski definition) is 0. The van der Waals surface area contributed by atoms with Gasteiger partial charge >= 0.3 is 0 Å². The Balaban J connectivity index is 3.30. The molecule has 0 aromatic heterocycles. The fraction of sp³-hybridized carbons (Fsp3) is 0.500. The lowest BCUT2D eigenvalue weighted by atomic mass is 10.3. The van der Waals surface area contributed by atoms with Gasteiger partial charge in [0.05, 0.1) is 19.1 Å². The minimum absolute atomic E-state index is 0.152. The maximum absolute atomic E-state index is 13.0. The van der Waals surface area contributed by atoms with Crippen LogP contribution in [0.25, 0.3) is 0 Å².